The minimum absolute atomic E-state index is 0.454. The SMILES string of the molecule is OC(Cc1cn2ccsc2n1)c1ccc(Br)cc1Cl. The van der Waals surface area contributed by atoms with Crippen LogP contribution in [0.3, 0.4) is 0 Å². The predicted molar refractivity (Wildman–Crippen MR) is 80.9 cm³/mol. The first-order chi connectivity index (χ1) is 9.13. The summed E-state index contributed by atoms with van der Waals surface area (Å²) in [5, 5.41) is 12.8. The molecule has 2 aromatic heterocycles. The quantitative estimate of drug-likeness (QED) is 0.766. The second kappa shape index (κ2) is 5.25. The largest absolute Gasteiger partial charge is 0.388 e. The molecule has 6 heteroatoms. The van der Waals surface area contributed by atoms with Crippen molar-refractivity contribution in [1.29, 1.82) is 0 Å². The molecule has 0 bridgehead atoms. The molecule has 3 rings (SSSR count). The number of benzene rings is 1. The van der Waals surface area contributed by atoms with E-state index in [0.29, 0.717) is 11.4 Å². The van der Waals surface area contributed by atoms with Crippen LogP contribution in [0.15, 0.2) is 40.4 Å². The van der Waals surface area contributed by atoms with Gasteiger partial charge in [0, 0.05) is 33.7 Å². The lowest BCUT2D eigenvalue weighted by Gasteiger charge is -2.11. The van der Waals surface area contributed by atoms with Gasteiger partial charge in [0.05, 0.1) is 11.8 Å². The first kappa shape index (κ1) is 13.1. The third-order valence-electron chi connectivity index (χ3n) is 2.87. The summed E-state index contributed by atoms with van der Waals surface area (Å²) in [5.41, 5.74) is 1.58. The number of rotatable bonds is 3. The number of halogens is 2. The Balaban J connectivity index is 1.84. The highest BCUT2D eigenvalue weighted by Gasteiger charge is 2.14. The van der Waals surface area contributed by atoms with Crippen molar-refractivity contribution >= 4 is 43.8 Å². The number of fused-ring (bicyclic) bond motifs is 1. The van der Waals surface area contributed by atoms with E-state index >= 15 is 0 Å². The molecule has 1 aromatic carbocycles. The summed E-state index contributed by atoms with van der Waals surface area (Å²) in [4.78, 5) is 5.39. The van der Waals surface area contributed by atoms with Crippen molar-refractivity contribution in [3.63, 3.8) is 0 Å². The maximum absolute atomic E-state index is 10.3. The van der Waals surface area contributed by atoms with Crippen LogP contribution < -0.4 is 0 Å². The van der Waals surface area contributed by atoms with Crippen molar-refractivity contribution in [3.05, 3.63) is 56.7 Å². The summed E-state index contributed by atoms with van der Waals surface area (Å²) in [5.74, 6) is 0. The van der Waals surface area contributed by atoms with Crippen molar-refractivity contribution in [2.24, 2.45) is 0 Å². The normalized spacial score (nSPS) is 13.0. The van der Waals surface area contributed by atoms with Gasteiger partial charge < -0.3 is 5.11 Å². The van der Waals surface area contributed by atoms with Crippen LogP contribution in [0.2, 0.25) is 5.02 Å². The van der Waals surface area contributed by atoms with E-state index in [-0.39, 0.29) is 0 Å². The maximum Gasteiger partial charge on any atom is 0.193 e. The third-order valence-corrected chi connectivity index (χ3v) is 4.46. The number of thiazole rings is 1. The molecule has 1 atom stereocenters. The molecule has 0 saturated heterocycles. The van der Waals surface area contributed by atoms with Gasteiger partial charge >= 0.3 is 0 Å². The molecule has 2 heterocycles. The first-order valence-corrected chi connectivity index (χ1v) is 7.72. The Hall–Kier alpha value is -0.880. The van der Waals surface area contributed by atoms with Crippen LogP contribution in [0, 0.1) is 0 Å². The number of aliphatic hydroxyl groups excluding tert-OH is 1. The van der Waals surface area contributed by atoms with Crippen LogP contribution in [-0.4, -0.2) is 14.5 Å². The zero-order chi connectivity index (χ0) is 13.4. The number of imidazole rings is 1. The van der Waals surface area contributed by atoms with Crippen LogP contribution in [-0.2, 0) is 6.42 Å². The molecule has 98 valence electrons. The van der Waals surface area contributed by atoms with Crippen molar-refractivity contribution in [2.75, 3.05) is 0 Å². The maximum atomic E-state index is 10.3. The average Bonchev–Trinajstić information content (AvgIpc) is 2.89. The molecule has 0 aliphatic heterocycles. The van der Waals surface area contributed by atoms with E-state index in [1.807, 2.05) is 34.3 Å². The minimum Gasteiger partial charge on any atom is -0.388 e. The molecule has 3 nitrogen and oxygen atoms in total. The van der Waals surface area contributed by atoms with Gasteiger partial charge in [0.25, 0.3) is 0 Å². The Morgan fingerprint density at radius 3 is 3.05 bits per heavy atom. The fraction of sp³-hybridized carbons (Fsp3) is 0.154. The molecule has 1 unspecified atom stereocenters. The Morgan fingerprint density at radius 1 is 1.47 bits per heavy atom. The van der Waals surface area contributed by atoms with Crippen LogP contribution >= 0.6 is 38.9 Å². The zero-order valence-electron chi connectivity index (χ0n) is 9.75. The Morgan fingerprint density at radius 2 is 2.32 bits per heavy atom. The van der Waals surface area contributed by atoms with Crippen molar-refractivity contribution in [1.82, 2.24) is 9.38 Å². The van der Waals surface area contributed by atoms with Crippen molar-refractivity contribution in [2.45, 2.75) is 12.5 Å². The molecule has 0 aliphatic carbocycles. The highest BCUT2D eigenvalue weighted by atomic mass is 79.9. The van der Waals surface area contributed by atoms with Crippen LogP contribution in [0.5, 0.6) is 0 Å². The Labute approximate surface area is 127 Å². The third kappa shape index (κ3) is 2.69. The molecule has 0 radical (unpaired) electrons. The molecule has 0 amide bonds. The Kier molecular flexibility index (Phi) is 3.62. The van der Waals surface area contributed by atoms with E-state index < -0.39 is 6.10 Å². The van der Waals surface area contributed by atoms with E-state index in [0.717, 1.165) is 20.7 Å². The lowest BCUT2D eigenvalue weighted by molar-refractivity contribution is 0.177. The van der Waals surface area contributed by atoms with Crippen molar-refractivity contribution < 1.29 is 5.11 Å². The predicted octanol–water partition coefficient (Wildman–Crippen LogP) is 4.09. The monoisotopic (exact) mass is 356 g/mol. The van der Waals surface area contributed by atoms with E-state index in [9.17, 15) is 5.11 Å². The number of aliphatic hydroxyl groups is 1. The molecule has 3 aromatic rings. The van der Waals surface area contributed by atoms with E-state index in [2.05, 4.69) is 20.9 Å². The summed E-state index contributed by atoms with van der Waals surface area (Å²) in [6, 6.07) is 5.48. The highest BCUT2D eigenvalue weighted by Crippen LogP contribution is 2.28. The number of hydrogen-bond acceptors (Lipinski definition) is 3. The molecular weight excluding hydrogens is 348 g/mol. The Bertz CT molecular complexity index is 696. The smallest absolute Gasteiger partial charge is 0.193 e. The van der Waals surface area contributed by atoms with Crippen LogP contribution in [0.4, 0.5) is 0 Å². The summed E-state index contributed by atoms with van der Waals surface area (Å²) < 4.78 is 2.85. The molecule has 1 N–H and O–H groups in total. The average molecular weight is 358 g/mol. The summed E-state index contributed by atoms with van der Waals surface area (Å²) in [6.07, 6.45) is 3.69. The van der Waals surface area contributed by atoms with E-state index in [1.165, 1.54) is 0 Å². The van der Waals surface area contributed by atoms with E-state index in [1.54, 1.807) is 17.4 Å². The molecule has 0 spiro atoms. The standard InChI is InChI=1S/C13H10BrClN2OS/c14-8-1-2-10(11(15)5-8)12(18)6-9-7-17-3-4-19-13(17)16-9/h1-5,7,12,18H,6H2. The van der Waals surface area contributed by atoms with Gasteiger partial charge in [-0.1, -0.05) is 33.6 Å². The topological polar surface area (TPSA) is 37.5 Å². The first-order valence-electron chi connectivity index (χ1n) is 5.67. The highest BCUT2D eigenvalue weighted by molar-refractivity contribution is 9.10. The molecular formula is C13H10BrClN2OS. The molecule has 19 heavy (non-hydrogen) atoms. The molecule has 0 aliphatic rings. The van der Waals surface area contributed by atoms with Gasteiger partial charge in [-0.25, -0.2) is 4.98 Å². The van der Waals surface area contributed by atoms with Gasteiger partial charge in [-0.15, -0.1) is 11.3 Å². The molecule has 0 fully saturated rings. The van der Waals surface area contributed by atoms with Crippen LogP contribution in [0.25, 0.3) is 4.96 Å². The lowest BCUT2D eigenvalue weighted by Crippen LogP contribution is -2.02. The summed E-state index contributed by atoms with van der Waals surface area (Å²) in [6.45, 7) is 0. The second-order valence-corrected chi connectivity index (χ2v) is 6.41. The minimum atomic E-state index is -0.648. The summed E-state index contributed by atoms with van der Waals surface area (Å²) in [7, 11) is 0. The fourth-order valence-electron chi connectivity index (χ4n) is 1.95. The summed E-state index contributed by atoms with van der Waals surface area (Å²) >= 11 is 11.1. The van der Waals surface area contributed by atoms with Gasteiger partial charge in [0.15, 0.2) is 4.96 Å². The zero-order valence-corrected chi connectivity index (χ0v) is 12.9. The number of nitrogens with zero attached hydrogens (tertiary/aromatic N) is 2. The van der Waals surface area contributed by atoms with Crippen LogP contribution in [0.1, 0.15) is 17.4 Å². The molecule has 0 saturated carbocycles. The number of hydrogen-bond donors (Lipinski definition) is 1. The lowest BCUT2D eigenvalue weighted by atomic mass is 10.1. The van der Waals surface area contributed by atoms with Gasteiger partial charge in [-0.3, -0.25) is 4.40 Å². The van der Waals surface area contributed by atoms with Gasteiger partial charge in [0.2, 0.25) is 0 Å². The number of aromatic nitrogens is 2. The van der Waals surface area contributed by atoms with Gasteiger partial charge in [-0.2, -0.15) is 0 Å². The van der Waals surface area contributed by atoms with Gasteiger partial charge in [-0.05, 0) is 17.7 Å². The van der Waals surface area contributed by atoms with E-state index in [4.69, 9.17) is 11.6 Å². The fourth-order valence-corrected chi connectivity index (χ4v) is 3.47. The second-order valence-electron chi connectivity index (χ2n) is 4.21. The van der Waals surface area contributed by atoms with Gasteiger partial charge in [0.1, 0.15) is 0 Å². The van der Waals surface area contributed by atoms with Crippen molar-refractivity contribution in [3.8, 4) is 0 Å².